The topological polar surface area (TPSA) is 135 Å². The molecule has 0 bridgehead atoms. The molecule has 0 fully saturated rings. The smallest absolute Gasteiger partial charge is 0.314 e. The largest absolute Gasteiger partial charge is 0.481 e. The first kappa shape index (κ1) is 14.1. The molecule has 0 aliphatic carbocycles. The first-order valence-corrected chi connectivity index (χ1v) is 6.22. The number of benzene rings is 1. The zero-order valence-electron chi connectivity index (χ0n) is 9.32. The second-order valence-electron chi connectivity index (χ2n) is 3.65. The van der Waals surface area contributed by atoms with Gasteiger partial charge in [0.25, 0.3) is 10.1 Å². The fraction of sp³-hybridized carbons (Fsp3) is 0.200. The highest BCUT2D eigenvalue weighted by atomic mass is 32.2. The van der Waals surface area contributed by atoms with Crippen molar-refractivity contribution < 1.29 is 27.7 Å². The van der Waals surface area contributed by atoms with E-state index in [4.69, 9.17) is 15.4 Å². The molecule has 1 unspecified atom stereocenters. The number of Topliss-reactive ketones (excluding diaryl/α,β-unsaturated/α-hetero) is 1. The van der Waals surface area contributed by atoms with Crippen LogP contribution in [-0.2, 0) is 14.9 Å². The van der Waals surface area contributed by atoms with Crippen LogP contribution in [0.2, 0.25) is 0 Å². The van der Waals surface area contributed by atoms with E-state index in [1.54, 1.807) is 0 Å². The van der Waals surface area contributed by atoms with E-state index < -0.39 is 32.7 Å². The predicted molar refractivity (Wildman–Crippen MR) is 61.8 cm³/mol. The number of hydrogen-bond donors (Lipinski definition) is 3. The van der Waals surface area contributed by atoms with Gasteiger partial charge in [0.05, 0.1) is 5.69 Å². The Kier molecular flexibility index (Phi) is 3.73. The lowest BCUT2D eigenvalue weighted by atomic mass is 9.99. The monoisotopic (exact) mass is 273 g/mol. The minimum absolute atomic E-state index is 0.0326. The molecule has 1 rings (SSSR count). The van der Waals surface area contributed by atoms with Crippen molar-refractivity contribution in [3.63, 3.8) is 0 Å². The van der Waals surface area contributed by atoms with E-state index in [1.165, 1.54) is 6.92 Å². The lowest BCUT2D eigenvalue weighted by molar-refractivity contribution is -0.139. The minimum Gasteiger partial charge on any atom is -0.481 e. The maximum atomic E-state index is 11.7. The Morgan fingerprint density at radius 2 is 1.89 bits per heavy atom. The maximum Gasteiger partial charge on any atom is 0.314 e. The molecule has 0 aromatic heterocycles. The molecule has 1 aromatic rings. The molecule has 1 atom stereocenters. The lowest BCUT2D eigenvalue weighted by Crippen LogP contribution is -2.20. The molecule has 8 heteroatoms. The Bertz CT molecular complexity index is 607. The van der Waals surface area contributed by atoms with Crippen LogP contribution in [0.5, 0.6) is 0 Å². The summed E-state index contributed by atoms with van der Waals surface area (Å²) in [5.74, 6) is -3.26. The van der Waals surface area contributed by atoms with Crippen molar-refractivity contribution in [2.75, 3.05) is 5.73 Å². The summed E-state index contributed by atoms with van der Waals surface area (Å²) in [6, 6.07) is 3.07. The van der Waals surface area contributed by atoms with E-state index in [2.05, 4.69) is 0 Å². The average Bonchev–Trinajstić information content (AvgIpc) is 2.24. The highest BCUT2D eigenvalue weighted by molar-refractivity contribution is 7.86. The molecule has 0 aliphatic rings. The molecule has 4 N–H and O–H groups in total. The number of nitrogen functional groups attached to an aromatic ring is 1. The van der Waals surface area contributed by atoms with Crippen LogP contribution in [0.25, 0.3) is 0 Å². The summed E-state index contributed by atoms with van der Waals surface area (Å²) in [6.45, 7) is 1.21. The Labute approximate surface area is 103 Å². The Morgan fingerprint density at radius 3 is 2.28 bits per heavy atom. The third kappa shape index (κ3) is 2.84. The zero-order chi connectivity index (χ0) is 14.1. The molecule has 98 valence electrons. The van der Waals surface area contributed by atoms with Gasteiger partial charge in [0.2, 0.25) is 0 Å². The second-order valence-corrected chi connectivity index (χ2v) is 5.04. The van der Waals surface area contributed by atoms with Gasteiger partial charge in [0, 0.05) is 5.56 Å². The van der Waals surface area contributed by atoms with Crippen molar-refractivity contribution in [3.8, 4) is 0 Å². The number of carbonyl (C=O) groups excluding carboxylic acids is 1. The molecule has 0 radical (unpaired) electrons. The van der Waals surface area contributed by atoms with Gasteiger partial charge in [0.15, 0.2) is 5.78 Å². The number of nitrogens with two attached hydrogens (primary N) is 1. The van der Waals surface area contributed by atoms with Crippen molar-refractivity contribution in [1.29, 1.82) is 0 Å². The van der Waals surface area contributed by atoms with Crippen LogP contribution in [0.1, 0.15) is 17.3 Å². The van der Waals surface area contributed by atoms with E-state index in [9.17, 15) is 18.0 Å². The molecular weight excluding hydrogens is 262 g/mol. The summed E-state index contributed by atoms with van der Waals surface area (Å²) in [5.41, 5.74) is 5.03. The van der Waals surface area contributed by atoms with E-state index in [0.29, 0.717) is 0 Å². The summed E-state index contributed by atoms with van der Waals surface area (Å²) in [5, 5.41) is 8.68. The van der Waals surface area contributed by atoms with Gasteiger partial charge in [-0.2, -0.15) is 8.42 Å². The molecule has 0 amide bonds. The molecule has 7 nitrogen and oxygen atoms in total. The van der Waals surface area contributed by atoms with Crippen molar-refractivity contribution in [2.24, 2.45) is 5.92 Å². The van der Waals surface area contributed by atoms with Crippen LogP contribution in [0, 0.1) is 5.92 Å². The van der Waals surface area contributed by atoms with Crippen LogP contribution >= 0.6 is 0 Å². The van der Waals surface area contributed by atoms with Crippen LogP contribution in [0.3, 0.4) is 0 Å². The first-order chi connectivity index (χ1) is 8.14. The van der Waals surface area contributed by atoms with Crippen LogP contribution < -0.4 is 5.73 Å². The molecule has 0 saturated carbocycles. The number of rotatable bonds is 4. The third-order valence-corrected chi connectivity index (χ3v) is 3.26. The fourth-order valence-corrected chi connectivity index (χ4v) is 1.90. The second kappa shape index (κ2) is 4.75. The average molecular weight is 273 g/mol. The van der Waals surface area contributed by atoms with E-state index >= 15 is 0 Å². The number of ketones is 1. The number of carbonyl (C=O) groups is 2. The summed E-state index contributed by atoms with van der Waals surface area (Å²) in [4.78, 5) is 21.8. The van der Waals surface area contributed by atoms with Crippen LogP contribution in [0.15, 0.2) is 23.1 Å². The third-order valence-electron chi connectivity index (χ3n) is 2.34. The van der Waals surface area contributed by atoms with Gasteiger partial charge >= 0.3 is 5.97 Å². The highest BCUT2D eigenvalue weighted by Gasteiger charge is 2.23. The standard InChI is InChI=1S/C10H11NO6S/c1-5(10(13)14)9(12)6-2-3-8(7(11)4-6)18(15,16)17/h2-5H,11H2,1H3,(H,13,14)(H,15,16,17). The summed E-state index contributed by atoms with van der Waals surface area (Å²) in [7, 11) is -4.47. The van der Waals surface area contributed by atoms with Crippen molar-refractivity contribution in [3.05, 3.63) is 23.8 Å². The molecule has 0 heterocycles. The Hall–Kier alpha value is -1.93. The van der Waals surface area contributed by atoms with Gasteiger partial charge in [-0.05, 0) is 25.1 Å². The normalized spacial score (nSPS) is 13.0. The molecule has 1 aromatic carbocycles. The fourth-order valence-electron chi connectivity index (χ4n) is 1.30. The zero-order valence-corrected chi connectivity index (χ0v) is 10.1. The predicted octanol–water partition coefficient (Wildman–Crippen LogP) is 0.419. The van der Waals surface area contributed by atoms with Gasteiger partial charge in [-0.1, -0.05) is 0 Å². The SMILES string of the molecule is CC(C(=O)O)C(=O)c1ccc(S(=O)(=O)O)c(N)c1. The van der Waals surface area contributed by atoms with Crippen molar-refractivity contribution >= 4 is 27.6 Å². The van der Waals surface area contributed by atoms with Gasteiger partial charge < -0.3 is 10.8 Å². The molecule has 0 saturated heterocycles. The van der Waals surface area contributed by atoms with Crippen LogP contribution in [0.4, 0.5) is 5.69 Å². The first-order valence-electron chi connectivity index (χ1n) is 4.78. The lowest BCUT2D eigenvalue weighted by Gasteiger charge is -2.08. The number of anilines is 1. The Balaban J connectivity index is 3.21. The summed E-state index contributed by atoms with van der Waals surface area (Å²) in [6.07, 6.45) is 0. The van der Waals surface area contributed by atoms with Crippen LogP contribution in [-0.4, -0.2) is 29.8 Å². The molecule has 18 heavy (non-hydrogen) atoms. The number of aliphatic carboxylic acids is 1. The molecule has 0 spiro atoms. The minimum atomic E-state index is -4.47. The summed E-state index contributed by atoms with van der Waals surface area (Å²) >= 11 is 0. The number of carboxylic acid groups (broad SMARTS) is 1. The molecular formula is C10H11NO6S. The molecule has 0 aliphatic heterocycles. The maximum absolute atomic E-state index is 11.7. The van der Waals surface area contributed by atoms with Gasteiger partial charge in [-0.15, -0.1) is 0 Å². The van der Waals surface area contributed by atoms with Crippen molar-refractivity contribution in [1.82, 2.24) is 0 Å². The number of carboxylic acids is 1. The Morgan fingerprint density at radius 1 is 1.33 bits per heavy atom. The summed E-state index contributed by atoms with van der Waals surface area (Å²) < 4.78 is 30.6. The van der Waals surface area contributed by atoms with Gasteiger partial charge in [-0.3, -0.25) is 14.1 Å². The van der Waals surface area contributed by atoms with E-state index in [1.807, 2.05) is 0 Å². The highest BCUT2D eigenvalue weighted by Crippen LogP contribution is 2.21. The quantitative estimate of drug-likeness (QED) is 0.313. The van der Waals surface area contributed by atoms with Gasteiger partial charge in [0.1, 0.15) is 10.8 Å². The van der Waals surface area contributed by atoms with E-state index in [0.717, 1.165) is 18.2 Å². The van der Waals surface area contributed by atoms with E-state index in [-0.39, 0.29) is 11.3 Å². The number of hydrogen-bond acceptors (Lipinski definition) is 5. The van der Waals surface area contributed by atoms with Crippen molar-refractivity contribution in [2.45, 2.75) is 11.8 Å². The van der Waals surface area contributed by atoms with Gasteiger partial charge in [-0.25, -0.2) is 0 Å².